The highest BCUT2D eigenvalue weighted by Gasteiger charge is 1.98. The van der Waals surface area contributed by atoms with Crippen molar-refractivity contribution in [2.45, 2.75) is 19.8 Å². The number of halogens is 1. The topological polar surface area (TPSA) is 24.9 Å². The van der Waals surface area contributed by atoms with Gasteiger partial charge in [-0.15, -0.1) is 12.3 Å². The van der Waals surface area contributed by atoms with Gasteiger partial charge in [-0.1, -0.05) is 0 Å². The summed E-state index contributed by atoms with van der Waals surface area (Å²) in [6.07, 6.45) is 8.73. The molecule has 1 aromatic rings. The van der Waals surface area contributed by atoms with Crippen molar-refractivity contribution in [1.29, 1.82) is 0 Å². The van der Waals surface area contributed by atoms with Crippen LogP contribution in [0.2, 0.25) is 0 Å². The third kappa shape index (κ3) is 3.39. The molecule has 0 aromatic carbocycles. The molecule has 0 unspecified atom stereocenters. The summed E-state index contributed by atoms with van der Waals surface area (Å²) in [7, 11) is 0. The quantitative estimate of drug-likeness (QED) is 0.659. The summed E-state index contributed by atoms with van der Waals surface area (Å²) < 4.78 is 1.00. The number of rotatable bonds is 4. The van der Waals surface area contributed by atoms with Crippen molar-refractivity contribution < 1.29 is 0 Å². The Bertz CT molecular complexity index is 342. The van der Waals surface area contributed by atoms with Crippen molar-refractivity contribution in [3.05, 3.63) is 22.3 Å². The lowest BCUT2D eigenvalue weighted by Crippen LogP contribution is -2.04. The molecule has 0 atom stereocenters. The Balaban J connectivity index is 2.47. The molecule has 0 fully saturated rings. The van der Waals surface area contributed by atoms with E-state index in [0.29, 0.717) is 0 Å². The fourth-order valence-corrected chi connectivity index (χ4v) is 1.57. The predicted octanol–water partition coefficient (Wildman–Crippen LogP) is 2.98. The van der Waals surface area contributed by atoms with Gasteiger partial charge in [-0.3, -0.25) is 0 Å². The number of aromatic nitrogens is 1. The number of nitrogens with zero attached hydrogens (tertiary/aromatic N) is 1. The Kier molecular flexibility index (Phi) is 4.48. The first-order chi connectivity index (χ1) is 6.74. The number of unbranched alkanes of at least 4 members (excludes halogenated alkanes) is 1. The molecule has 3 heteroatoms. The Morgan fingerprint density at radius 3 is 3.07 bits per heavy atom. The molecule has 0 spiro atoms. The molecular weight excluding hydrogens is 240 g/mol. The molecular formula is C11H13BrN2. The maximum Gasteiger partial charge on any atom is 0.128 e. The SMILES string of the molecule is C#CCCCNc1ncc(Br)cc1C. The lowest BCUT2D eigenvalue weighted by atomic mass is 10.2. The van der Waals surface area contributed by atoms with Crippen molar-refractivity contribution in [2.75, 3.05) is 11.9 Å². The summed E-state index contributed by atoms with van der Waals surface area (Å²) in [5.74, 6) is 3.55. The van der Waals surface area contributed by atoms with Gasteiger partial charge in [0.25, 0.3) is 0 Å². The van der Waals surface area contributed by atoms with Gasteiger partial charge >= 0.3 is 0 Å². The molecule has 0 saturated heterocycles. The third-order valence-electron chi connectivity index (χ3n) is 1.84. The van der Waals surface area contributed by atoms with E-state index in [-0.39, 0.29) is 0 Å². The average Bonchev–Trinajstić information content (AvgIpc) is 2.15. The van der Waals surface area contributed by atoms with Crippen molar-refractivity contribution >= 4 is 21.7 Å². The first kappa shape index (κ1) is 11.1. The Hall–Kier alpha value is -1.01. The lowest BCUT2D eigenvalue weighted by Gasteiger charge is -2.07. The maximum atomic E-state index is 5.16. The van der Waals surface area contributed by atoms with Crippen LogP contribution in [0.25, 0.3) is 0 Å². The highest BCUT2D eigenvalue weighted by Crippen LogP contribution is 2.16. The van der Waals surface area contributed by atoms with Crippen LogP contribution in [0.3, 0.4) is 0 Å². The van der Waals surface area contributed by atoms with Crippen molar-refractivity contribution in [3.63, 3.8) is 0 Å². The van der Waals surface area contributed by atoms with Gasteiger partial charge < -0.3 is 5.32 Å². The predicted molar refractivity (Wildman–Crippen MR) is 63.2 cm³/mol. The fourth-order valence-electron chi connectivity index (χ4n) is 1.12. The summed E-state index contributed by atoms with van der Waals surface area (Å²) in [6.45, 7) is 2.90. The molecule has 2 nitrogen and oxygen atoms in total. The zero-order valence-electron chi connectivity index (χ0n) is 8.18. The van der Waals surface area contributed by atoms with Crippen molar-refractivity contribution in [2.24, 2.45) is 0 Å². The van der Waals surface area contributed by atoms with Gasteiger partial charge in [0.2, 0.25) is 0 Å². The van der Waals surface area contributed by atoms with E-state index in [0.717, 1.165) is 35.2 Å². The molecule has 0 amide bonds. The molecule has 0 saturated carbocycles. The summed E-state index contributed by atoms with van der Waals surface area (Å²) in [5, 5.41) is 3.25. The van der Waals surface area contributed by atoms with Crippen LogP contribution >= 0.6 is 15.9 Å². The van der Waals surface area contributed by atoms with Crippen molar-refractivity contribution in [1.82, 2.24) is 4.98 Å². The first-order valence-corrected chi connectivity index (χ1v) is 5.33. The molecule has 0 radical (unpaired) electrons. The Labute approximate surface area is 93.3 Å². The van der Waals surface area contributed by atoms with Crippen LogP contribution in [0.1, 0.15) is 18.4 Å². The average molecular weight is 253 g/mol. The van der Waals surface area contributed by atoms with E-state index < -0.39 is 0 Å². The number of hydrogen-bond acceptors (Lipinski definition) is 2. The second kappa shape index (κ2) is 5.66. The van der Waals surface area contributed by atoms with Crippen LogP contribution in [0.4, 0.5) is 5.82 Å². The number of nitrogens with one attached hydrogen (secondary N) is 1. The van der Waals surface area contributed by atoms with Crippen LogP contribution in [-0.2, 0) is 0 Å². The van der Waals surface area contributed by atoms with Crippen LogP contribution in [-0.4, -0.2) is 11.5 Å². The minimum atomic E-state index is 0.808. The number of anilines is 1. The smallest absolute Gasteiger partial charge is 0.128 e. The third-order valence-corrected chi connectivity index (χ3v) is 2.27. The monoisotopic (exact) mass is 252 g/mol. The molecule has 74 valence electrons. The number of aryl methyl sites for hydroxylation is 1. The molecule has 0 aliphatic carbocycles. The summed E-state index contributed by atoms with van der Waals surface area (Å²) in [5.41, 5.74) is 1.14. The van der Waals surface area contributed by atoms with Crippen LogP contribution in [0.5, 0.6) is 0 Å². The standard InChI is InChI=1S/C11H13BrN2/c1-3-4-5-6-13-11-9(2)7-10(12)8-14-11/h1,7-8H,4-6H2,2H3,(H,13,14). The summed E-state index contributed by atoms with van der Waals surface area (Å²) >= 11 is 3.37. The molecule has 0 aliphatic heterocycles. The van der Waals surface area contributed by atoms with E-state index in [1.165, 1.54) is 0 Å². The van der Waals surface area contributed by atoms with E-state index in [4.69, 9.17) is 6.42 Å². The fraction of sp³-hybridized carbons (Fsp3) is 0.364. The minimum absolute atomic E-state index is 0.808. The van der Waals surface area contributed by atoms with E-state index in [2.05, 4.69) is 32.2 Å². The molecule has 1 rings (SSSR count). The van der Waals surface area contributed by atoms with Gasteiger partial charge in [0, 0.05) is 23.6 Å². The summed E-state index contributed by atoms with van der Waals surface area (Å²) in [6, 6.07) is 2.04. The zero-order chi connectivity index (χ0) is 10.4. The second-order valence-corrected chi connectivity index (χ2v) is 3.97. The number of hydrogen-bond donors (Lipinski definition) is 1. The van der Waals surface area contributed by atoms with Gasteiger partial charge in [-0.2, -0.15) is 0 Å². The number of pyridine rings is 1. The van der Waals surface area contributed by atoms with Gasteiger partial charge in [0.05, 0.1) is 0 Å². The van der Waals surface area contributed by atoms with Gasteiger partial charge in [0.1, 0.15) is 5.82 Å². The van der Waals surface area contributed by atoms with E-state index >= 15 is 0 Å². The molecule has 1 heterocycles. The molecule has 14 heavy (non-hydrogen) atoms. The van der Waals surface area contributed by atoms with Gasteiger partial charge in [-0.05, 0) is 40.9 Å². The van der Waals surface area contributed by atoms with Crippen molar-refractivity contribution in [3.8, 4) is 12.3 Å². The van der Waals surface area contributed by atoms with Gasteiger partial charge in [0.15, 0.2) is 0 Å². The zero-order valence-corrected chi connectivity index (χ0v) is 9.76. The van der Waals surface area contributed by atoms with E-state index in [1.54, 1.807) is 6.20 Å². The molecule has 0 bridgehead atoms. The van der Waals surface area contributed by atoms with E-state index in [9.17, 15) is 0 Å². The molecule has 0 aliphatic rings. The van der Waals surface area contributed by atoms with Crippen LogP contribution < -0.4 is 5.32 Å². The minimum Gasteiger partial charge on any atom is -0.370 e. The first-order valence-electron chi connectivity index (χ1n) is 4.53. The van der Waals surface area contributed by atoms with Crippen LogP contribution in [0.15, 0.2) is 16.7 Å². The van der Waals surface area contributed by atoms with E-state index in [1.807, 2.05) is 13.0 Å². The number of terminal acetylenes is 1. The molecule has 1 N–H and O–H groups in total. The Morgan fingerprint density at radius 2 is 2.43 bits per heavy atom. The van der Waals surface area contributed by atoms with Gasteiger partial charge in [-0.25, -0.2) is 4.98 Å². The maximum absolute atomic E-state index is 5.16. The second-order valence-electron chi connectivity index (χ2n) is 3.05. The largest absolute Gasteiger partial charge is 0.370 e. The highest BCUT2D eigenvalue weighted by atomic mass is 79.9. The van der Waals surface area contributed by atoms with Crippen LogP contribution in [0, 0.1) is 19.3 Å². The highest BCUT2D eigenvalue weighted by molar-refractivity contribution is 9.10. The Morgan fingerprint density at radius 1 is 1.64 bits per heavy atom. The molecule has 1 aromatic heterocycles. The normalized spacial score (nSPS) is 9.50. The lowest BCUT2D eigenvalue weighted by molar-refractivity contribution is 0.899. The summed E-state index contributed by atoms with van der Waals surface area (Å²) in [4.78, 5) is 4.27.